The van der Waals surface area contributed by atoms with Crippen LogP contribution in [0.2, 0.25) is 0 Å². The van der Waals surface area contributed by atoms with Crippen LogP contribution in [-0.4, -0.2) is 29.6 Å². The molecule has 0 radical (unpaired) electrons. The molecule has 0 bridgehead atoms. The van der Waals surface area contributed by atoms with Crippen molar-refractivity contribution >= 4 is 11.1 Å². The van der Waals surface area contributed by atoms with Crippen molar-refractivity contribution in [2.75, 3.05) is 19.6 Å². The van der Waals surface area contributed by atoms with Gasteiger partial charge in [-0.05, 0) is 97.3 Å². The van der Waals surface area contributed by atoms with Crippen LogP contribution in [0.4, 0.5) is 0 Å². The zero-order chi connectivity index (χ0) is 21.5. The minimum absolute atomic E-state index is 0.300. The maximum absolute atomic E-state index is 9.80. The van der Waals surface area contributed by atoms with Crippen LogP contribution in [0.15, 0.2) is 78.9 Å². The molecule has 0 spiro atoms. The number of nitrogens with zero attached hydrogens (tertiary/aromatic N) is 1. The molecule has 0 aliphatic carbocycles. The molecule has 1 fully saturated rings. The largest absolute Gasteiger partial charge is 0.508 e. The molecule has 1 aliphatic rings. The summed E-state index contributed by atoms with van der Waals surface area (Å²) in [6, 6.07) is 27.4. The minimum Gasteiger partial charge on any atom is -0.508 e. The van der Waals surface area contributed by atoms with Crippen LogP contribution in [0.5, 0.6) is 5.75 Å². The lowest BCUT2D eigenvalue weighted by Gasteiger charge is -2.17. The zero-order valence-corrected chi connectivity index (χ0v) is 18.6. The number of hydrogen-bond acceptors (Lipinski definition) is 2. The maximum Gasteiger partial charge on any atom is 0.115 e. The van der Waals surface area contributed by atoms with Crippen molar-refractivity contribution in [3.05, 3.63) is 101 Å². The van der Waals surface area contributed by atoms with Gasteiger partial charge >= 0.3 is 0 Å². The molecular weight excluding hydrogens is 378 g/mol. The summed E-state index contributed by atoms with van der Waals surface area (Å²) in [5.41, 5.74) is 7.61. The van der Waals surface area contributed by atoms with E-state index in [0.29, 0.717) is 5.75 Å². The second-order valence-corrected chi connectivity index (χ2v) is 8.47. The van der Waals surface area contributed by atoms with Crippen LogP contribution in [0.3, 0.4) is 0 Å². The Hall–Kier alpha value is -2.84. The van der Waals surface area contributed by atoms with Crippen molar-refractivity contribution in [2.24, 2.45) is 0 Å². The second-order valence-electron chi connectivity index (χ2n) is 8.47. The zero-order valence-electron chi connectivity index (χ0n) is 18.6. The molecule has 3 aromatic carbocycles. The summed E-state index contributed by atoms with van der Waals surface area (Å²) in [4.78, 5) is 2.59. The number of hydrogen-bond donors (Lipinski definition) is 1. The molecule has 0 saturated carbocycles. The molecule has 1 N–H and O–H groups in total. The fraction of sp³-hybridized carbons (Fsp3) is 0.310. The van der Waals surface area contributed by atoms with Gasteiger partial charge in [-0.15, -0.1) is 0 Å². The molecule has 4 rings (SSSR count). The summed E-state index contributed by atoms with van der Waals surface area (Å²) in [6.07, 6.45) is 6.03. The lowest BCUT2D eigenvalue weighted by molar-refractivity contribution is 0.334. The summed E-state index contributed by atoms with van der Waals surface area (Å²) in [6.45, 7) is 5.99. The molecule has 1 heterocycles. The fourth-order valence-electron chi connectivity index (χ4n) is 4.66. The van der Waals surface area contributed by atoms with Crippen LogP contribution in [0.25, 0.3) is 11.1 Å². The lowest BCUT2D eigenvalue weighted by atomic mass is 9.87. The van der Waals surface area contributed by atoms with E-state index in [9.17, 15) is 5.11 Å². The van der Waals surface area contributed by atoms with E-state index in [-0.39, 0.29) is 0 Å². The number of aryl methyl sites for hydroxylation is 1. The molecule has 3 aromatic rings. The Balaban J connectivity index is 1.62. The van der Waals surface area contributed by atoms with Gasteiger partial charge in [0.25, 0.3) is 0 Å². The number of benzene rings is 3. The molecular formula is C29H33NO. The molecule has 0 atom stereocenters. The van der Waals surface area contributed by atoms with Gasteiger partial charge in [-0.25, -0.2) is 0 Å². The van der Waals surface area contributed by atoms with Crippen LogP contribution in [-0.2, 0) is 6.42 Å². The van der Waals surface area contributed by atoms with Crippen LogP contribution in [0, 0.1) is 0 Å². The summed E-state index contributed by atoms with van der Waals surface area (Å²) in [7, 11) is 0. The Morgan fingerprint density at radius 1 is 0.774 bits per heavy atom. The monoisotopic (exact) mass is 411 g/mol. The molecule has 0 unspecified atom stereocenters. The van der Waals surface area contributed by atoms with Crippen molar-refractivity contribution < 1.29 is 5.11 Å². The minimum atomic E-state index is 0.300. The van der Waals surface area contributed by atoms with Gasteiger partial charge in [0.1, 0.15) is 5.75 Å². The number of aromatic hydroxyl groups is 1. The average Bonchev–Trinajstić information content (AvgIpc) is 3.33. The molecule has 2 nitrogen and oxygen atoms in total. The third-order valence-electron chi connectivity index (χ3n) is 6.31. The maximum atomic E-state index is 9.80. The van der Waals surface area contributed by atoms with Gasteiger partial charge < -0.3 is 10.0 Å². The first-order chi connectivity index (χ1) is 15.2. The van der Waals surface area contributed by atoms with E-state index in [0.717, 1.165) is 18.4 Å². The first-order valence-corrected chi connectivity index (χ1v) is 11.6. The highest BCUT2D eigenvalue weighted by atomic mass is 16.3. The van der Waals surface area contributed by atoms with Gasteiger partial charge in [0, 0.05) is 0 Å². The van der Waals surface area contributed by atoms with Crippen molar-refractivity contribution in [2.45, 2.75) is 39.0 Å². The van der Waals surface area contributed by atoms with E-state index in [1.165, 1.54) is 66.7 Å². The third kappa shape index (κ3) is 5.45. The van der Waals surface area contributed by atoms with Crippen molar-refractivity contribution in [3.8, 4) is 5.75 Å². The number of likely N-dealkylation sites (tertiary alicyclic amines) is 1. The molecule has 1 saturated heterocycles. The van der Waals surface area contributed by atoms with Crippen LogP contribution >= 0.6 is 0 Å². The number of phenolic OH excluding ortho intramolecular Hbond substituents is 1. The van der Waals surface area contributed by atoms with Gasteiger partial charge in [-0.1, -0.05) is 73.7 Å². The molecule has 160 valence electrons. The Morgan fingerprint density at radius 3 is 2.00 bits per heavy atom. The Labute approximate surface area is 186 Å². The van der Waals surface area contributed by atoms with E-state index >= 15 is 0 Å². The fourth-order valence-corrected chi connectivity index (χ4v) is 4.66. The highest BCUT2D eigenvalue weighted by Gasteiger charge is 2.14. The Kier molecular flexibility index (Phi) is 7.22. The smallest absolute Gasteiger partial charge is 0.115 e. The first kappa shape index (κ1) is 21.4. The summed E-state index contributed by atoms with van der Waals surface area (Å²) in [5.74, 6) is 0.300. The van der Waals surface area contributed by atoms with E-state index in [1.807, 2.05) is 12.1 Å². The Bertz CT molecular complexity index is 981. The molecule has 2 heteroatoms. The summed E-state index contributed by atoms with van der Waals surface area (Å²) >= 11 is 0. The second kappa shape index (κ2) is 10.5. The molecule has 31 heavy (non-hydrogen) atoms. The van der Waals surface area contributed by atoms with Gasteiger partial charge in [-0.3, -0.25) is 0 Å². The Morgan fingerprint density at radius 2 is 1.39 bits per heavy atom. The van der Waals surface area contributed by atoms with E-state index in [4.69, 9.17) is 0 Å². The first-order valence-electron chi connectivity index (χ1n) is 11.6. The summed E-state index contributed by atoms with van der Waals surface area (Å²) < 4.78 is 0. The van der Waals surface area contributed by atoms with E-state index in [2.05, 4.69) is 66.4 Å². The predicted molar refractivity (Wildman–Crippen MR) is 131 cm³/mol. The predicted octanol–water partition coefficient (Wildman–Crippen LogP) is 6.79. The number of rotatable bonds is 8. The van der Waals surface area contributed by atoms with Crippen molar-refractivity contribution in [1.29, 1.82) is 0 Å². The SMILES string of the molecule is CC/C(=C(/c1ccc(O)cc1)c1ccc(CCCN2CCCC2)cc1)c1ccccc1. The van der Waals surface area contributed by atoms with E-state index < -0.39 is 0 Å². The molecule has 0 amide bonds. The van der Waals surface area contributed by atoms with E-state index in [1.54, 1.807) is 12.1 Å². The van der Waals surface area contributed by atoms with Crippen molar-refractivity contribution in [1.82, 2.24) is 4.90 Å². The normalized spacial score (nSPS) is 15.1. The van der Waals surface area contributed by atoms with Gasteiger partial charge in [-0.2, -0.15) is 0 Å². The van der Waals surface area contributed by atoms with Gasteiger partial charge in [0.15, 0.2) is 0 Å². The molecule has 1 aliphatic heterocycles. The highest BCUT2D eigenvalue weighted by Crippen LogP contribution is 2.35. The quantitative estimate of drug-likeness (QED) is 0.413. The van der Waals surface area contributed by atoms with Crippen LogP contribution in [0.1, 0.15) is 54.9 Å². The van der Waals surface area contributed by atoms with Gasteiger partial charge in [0.2, 0.25) is 0 Å². The number of phenols is 1. The average molecular weight is 412 g/mol. The van der Waals surface area contributed by atoms with Crippen molar-refractivity contribution in [3.63, 3.8) is 0 Å². The molecule has 0 aromatic heterocycles. The topological polar surface area (TPSA) is 23.5 Å². The highest BCUT2D eigenvalue weighted by molar-refractivity contribution is 5.98. The number of allylic oxidation sites excluding steroid dienone is 1. The standard InChI is InChI=1S/C29H33NO/c1-2-28(24-10-4-3-5-11-24)29(26-16-18-27(31)19-17-26)25-14-12-23(13-15-25)9-8-22-30-20-6-7-21-30/h3-5,10-19,31H,2,6-9,20-22H2,1H3/b29-28-. The van der Waals surface area contributed by atoms with Crippen LogP contribution < -0.4 is 0 Å². The lowest BCUT2D eigenvalue weighted by Crippen LogP contribution is -2.20. The summed E-state index contributed by atoms with van der Waals surface area (Å²) in [5, 5.41) is 9.80. The third-order valence-corrected chi connectivity index (χ3v) is 6.31. The van der Waals surface area contributed by atoms with Gasteiger partial charge in [0.05, 0.1) is 0 Å².